The van der Waals surface area contributed by atoms with E-state index < -0.39 is 0 Å². The fraction of sp³-hybridized carbons (Fsp3) is 0.167. The number of halogens is 2. The molecule has 0 bridgehead atoms. The normalized spacial score (nSPS) is 9.80. The first kappa shape index (κ1) is 23.5. The Hall–Kier alpha value is -2.74. The van der Waals surface area contributed by atoms with Crippen molar-refractivity contribution in [2.45, 2.75) is 20.8 Å². The zero-order chi connectivity index (χ0) is 22.1. The molecule has 0 radical (unpaired) electrons. The van der Waals surface area contributed by atoms with Crippen LogP contribution >= 0.6 is 22.6 Å². The lowest BCUT2D eigenvalue weighted by atomic mass is 10.1. The summed E-state index contributed by atoms with van der Waals surface area (Å²) in [5, 5.41) is 4.38. The monoisotopic (exact) mass is 516 g/mol. The maximum atomic E-state index is 13.2. The molecule has 1 aromatic carbocycles. The Kier molecular flexibility index (Phi) is 8.98. The Morgan fingerprint density at radius 2 is 1.73 bits per heavy atom. The van der Waals surface area contributed by atoms with Gasteiger partial charge in [0.1, 0.15) is 17.3 Å². The van der Waals surface area contributed by atoms with Crippen LogP contribution in [-0.4, -0.2) is 19.9 Å². The molecule has 3 heterocycles. The fourth-order valence-corrected chi connectivity index (χ4v) is 2.88. The van der Waals surface area contributed by atoms with Gasteiger partial charge < -0.3 is 10.3 Å². The molecule has 4 rings (SSSR count). The van der Waals surface area contributed by atoms with Crippen LogP contribution in [0.1, 0.15) is 26.3 Å². The molecule has 156 valence electrons. The Morgan fingerprint density at radius 3 is 2.40 bits per heavy atom. The van der Waals surface area contributed by atoms with Crippen LogP contribution in [0.4, 0.5) is 15.9 Å². The minimum atomic E-state index is -0.266. The number of hydrogen-bond donors (Lipinski definition) is 2. The van der Waals surface area contributed by atoms with Crippen molar-refractivity contribution in [1.29, 1.82) is 0 Å². The maximum absolute atomic E-state index is 13.2. The lowest BCUT2D eigenvalue weighted by Gasteiger charge is -2.14. The number of alkyl halides is 1. The average molecular weight is 516 g/mol. The number of hydrogen-bond acceptors (Lipinski definition) is 3. The molecule has 0 saturated carbocycles. The largest absolute Gasteiger partial charge is 0.346 e. The summed E-state index contributed by atoms with van der Waals surface area (Å²) >= 11 is 2.15. The zero-order valence-corrected chi connectivity index (χ0v) is 19.8. The van der Waals surface area contributed by atoms with Gasteiger partial charge in [-0.15, -0.1) is 0 Å². The van der Waals surface area contributed by atoms with Gasteiger partial charge in [-0.3, -0.25) is 0 Å². The van der Waals surface area contributed by atoms with E-state index in [-0.39, 0.29) is 5.82 Å². The smallest absolute Gasteiger partial charge is 0.139 e. The molecule has 0 aliphatic carbocycles. The summed E-state index contributed by atoms with van der Waals surface area (Å²) in [5.41, 5.74) is 5.16. The lowest BCUT2D eigenvalue weighted by Crippen LogP contribution is -2.00. The van der Waals surface area contributed by atoms with E-state index in [0.29, 0.717) is 5.82 Å². The molecule has 0 atom stereocenters. The summed E-state index contributed by atoms with van der Waals surface area (Å²) in [6.45, 7) is 9.99. The van der Waals surface area contributed by atoms with E-state index >= 15 is 0 Å². The molecule has 0 spiro atoms. The molecule has 6 heteroatoms. The maximum Gasteiger partial charge on any atom is 0.139 e. The van der Waals surface area contributed by atoms with Gasteiger partial charge in [0, 0.05) is 28.9 Å². The Bertz CT molecular complexity index is 1100. The summed E-state index contributed by atoms with van der Waals surface area (Å²) in [7, 11) is 0. The molecule has 3 aromatic heterocycles. The van der Waals surface area contributed by atoms with E-state index in [4.69, 9.17) is 4.98 Å². The van der Waals surface area contributed by atoms with Gasteiger partial charge in [-0.25, -0.2) is 14.4 Å². The predicted molar refractivity (Wildman–Crippen MR) is 135 cm³/mol. The Balaban J connectivity index is 0.000000757. The van der Waals surface area contributed by atoms with Crippen LogP contribution in [0.15, 0.2) is 67.5 Å². The molecule has 0 saturated heterocycles. The second-order valence-electron chi connectivity index (χ2n) is 6.10. The van der Waals surface area contributed by atoms with Gasteiger partial charge in [0.2, 0.25) is 0 Å². The average Bonchev–Trinajstić information content (AvgIpc) is 3.27. The number of rotatable bonds is 4. The van der Waals surface area contributed by atoms with E-state index in [1.807, 2.05) is 56.2 Å². The number of fused-ring (bicyclic) bond motifs is 1. The molecule has 0 aliphatic heterocycles. The molecule has 30 heavy (non-hydrogen) atoms. The summed E-state index contributed by atoms with van der Waals surface area (Å²) in [6.07, 6.45) is 3.59. The third-order valence-electron chi connectivity index (χ3n) is 4.21. The Morgan fingerprint density at radius 1 is 1.03 bits per heavy atom. The number of aromatic nitrogens is 3. The first-order chi connectivity index (χ1) is 14.6. The second kappa shape index (κ2) is 11.4. The van der Waals surface area contributed by atoms with Crippen LogP contribution in [-0.2, 0) is 0 Å². The van der Waals surface area contributed by atoms with E-state index in [2.05, 4.69) is 44.5 Å². The minimum Gasteiger partial charge on any atom is -0.346 e. The molecule has 2 N–H and O–H groups in total. The number of nitrogens with zero attached hydrogens (tertiary/aromatic N) is 2. The molecule has 0 fully saturated rings. The summed E-state index contributed by atoms with van der Waals surface area (Å²) in [6, 6.07) is 14.1. The standard InChI is InChI=1S/C21H17FN4.C2H6.CH3I/c1-13(2)16-7-8-18(14-3-5-15(22)6-4-14)25-21(16)26-19-10-12-24-20-17(19)9-11-23-20;2*1-2/h3-12H,1H2,2H3,(H2,23,24,25,26);1-2H3;1H3. The van der Waals surface area contributed by atoms with Crippen molar-refractivity contribution < 1.29 is 4.39 Å². The third kappa shape index (κ3) is 5.44. The van der Waals surface area contributed by atoms with E-state index in [9.17, 15) is 4.39 Å². The van der Waals surface area contributed by atoms with Crippen molar-refractivity contribution in [1.82, 2.24) is 15.0 Å². The van der Waals surface area contributed by atoms with Crippen molar-refractivity contribution in [3.63, 3.8) is 0 Å². The summed E-state index contributed by atoms with van der Waals surface area (Å²) in [5.74, 6) is 0.435. The highest BCUT2D eigenvalue weighted by Crippen LogP contribution is 2.30. The summed E-state index contributed by atoms with van der Waals surface area (Å²) < 4.78 is 13.2. The number of benzene rings is 1. The van der Waals surface area contributed by atoms with Crippen LogP contribution in [0.2, 0.25) is 0 Å². The molecule has 0 unspecified atom stereocenters. The molecule has 4 aromatic rings. The molecule has 4 nitrogen and oxygen atoms in total. The van der Waals surface area contributed by atoms with Crippen LogP contribution in [0.3, 0.4) is 0 Å². The van der Waals surface area contributed by atoms with Gasteiger partial charge in [0.15, 0.2) is 0 Å². The number of pyridine rings is 2. The quantitative estimate of drug-likeness (QED) is 0.217. The van der Waals surface area contributed by atoms with Gasteiger partial charge in [0.05, 0.1) is 11.4 Å². The van der Waals surface area contributed by atoms with Gasteiger partial charge in [-0.05, 0) is 66.0 Å². The van der Waals surface area contributed by atoms with Gasteiger partial charge in [-0.2, -0.15) is 0 Å². The van der Waals surface area contributed by atoms with E-state index in [0.717, 1.165) is 39.1 Å². The van der Waals surface area contributed by atoms with Crippen LogP contribution in [0.5, 0.6) is 0 Å². The van der Waals surface area contributed by atoms with E-state index in [1.165, 1.54) is 12.1 Å². The summed E-state index contributed by atoms with van der Waals surface area (Å²) in [4.78, 5) is 14.1. The highest BCUT2D eigenvalue weighted by Gasteiger charge is 2.11. The number of aromatic amines is 1. The number of H-pyrrole nitrogens is 1. The highest BCUT2D eigenvalue weighted by molar-refractivity contribution is 14.1. The zero-order valence-electron chi connectivity index (χ0n) is 17.6. The van der Waals surface area contributed by atoms with Crippen LogP contribution < -0.4 is 5.32 Å². The molecular weight excluding hydrogens is 490 g/mol. The predicted octanol–water partition coefficient (Wildman–Crippen LogP) is 7.62. The minimum absolute atomic E-state index is 0.266. The first-order valence-electron chi connectivity index (χ1n) is 9.61. The highest BCUT2D eigenvalue weighted by atomic mass is 127. The molecule has 0 aliphatic rings. The Labute approximate surface area is 190 Å². The van der Waals surface area contributed by atoms with Crippen LogP contribution in [0.25, 0.3) is 27.9 Å². The third-order valence-corrected chi connectivity index (χ3v) is 4.21. The van der Waals surface area contributed by atoms with Crippen molar-refractivity contribution in [3.05, 3.63) is 78.9 Å². The van der Waals surface area contributed by atoms with Gasteiger partial charge in [0.25, 0.3) is 0 Å². The number of anilines is 2. The lowest BCUT2D eigenvalue weighted by molar-refractivity contribution is 0.628. The fourth-order valence-electron chi connectivity index (χ4n) is 2.88. The second-order valence-corrected chi connectivity index (χ2v) is 6.10. The van der Waals surface area contributed by atoms with E-state index in [1.54, 1.807) is 18.3 Å². The van der Waals surface area contributed by atoms with Crippen LogP contribution in [0, 0.1) is 5.82 Å². The molecule has 0 amide bonds. The number of nitrogens with one attached hydrogen (secondary N) is 2. The van der Waals surface area contributed by atoms with Crippen molar-refractivity contribution in [2.75, 3.05) is 10.2 Å². The number of allylic oxidation sites excluding steroid dienone is 1. The topological polar surface area (TPSA) is 53.6 Å². The molecular formula is C24H26FIN4. The van der Waals surface area contributed by atoms with Crippen molar-refractivity contribution in [2.24, 2.45) is 0 Å². The van der Waals surface area contributed by atoms with Gasteiger partial charge >= 0.3 is 0 Å². The van der Waals surface area contributed by atoms with Crippen molar-refractivity contribution in [3.8, 4) is 11.3 Å². The SMILES string of the molecule is C=C(C)c1ccc(-c2ccc(F)cc2)nc1Nc1ccnc2[nH]ccc12.CC.CI. The van der Waals surface area contributed by atoms with Gasteiger partial charge in [-0.1, -0.05) is 43.0 Å². The van der Waals surface area contributed by atoms with Crippen molar-refractivity contribution >= 4 is 50.7 Å². The first-order valence-corrected chi connectivity index (χ1v) is 11.8.